The number of aliphatic hydroxyl groups is 1. The number of nitrogens with one attached hydrogen (secondary N) is 2. The minimum absolute atomic E-state index is 0.0543. The number of aromatic nitrogens is 2. The van der Waals surface area contributed by atoms with Crippen LogP contribution in [0.25, 0.3) is 0 Å². The summed E-state index contributed by atoms with van der Waals surface area (Å²) in [5.74, 6) is -0.368. The van der Waals surface area contributed by atoms with E-state index in [0.717, 1.165) is 0 Å². The van der Waals surface area contributed by atoms with Crippen LogP contribution < -0.4 is 4.72 Å². The van der Waals surface area contributed by atoms with Crippen LogP contribution >= 0.6 is 0 Å². The third-order valence-corrected chi connectivity index (χ3v) is 4.69. The Morgan fingerprint density at radius 1 is 1.38 bits per heavy atom. The second kappa shape index (κ2) is 6.33. The SMILES string of the molecule is Cc1[nH]nc(CO)c1S(=O)(=O)NCCc1ccccc1F. The molecule has 0 aliphatic heterocycles. The number of aromatic amines is 1. The van der Waals surface area contributed by atoms with Crippen LogP contribution in [0.1, 0.15) is 17.0 Å². The molecule has 8 heteroatoms. The summed E-state index contributed by atoms with van der Waals surface area (Å²) >= 11 is 0. The number of hydrogen-bond donors (Lipinski definition) is 3. The fourth-order valence-corrected chi connectivity index (χ4v) is 3.41. The van der Waals surface area contributed by atoms with Gasteiger partial charge in [-0.3, -0.25) is 5.10 Å². The van der Waals surface area contributed by atoms with Gasteiger partial charge in [-0.1, -0.05) is 18.2 Å². The number of nitrogens with zero attached hydrogens (tertiary/aromatic N) is 1. The zero-order valence-electron chi connectivity index (χ0n) is 11.4. The molecule has 0 aliphatic rings. The van der Waals surface area contributed by atoms with Crippen molar-refractivity contribution in [2.24, 2.45) is 0 Å². The molecule has 0 radical (unpaired) electrons. The van der Waals surface area contributed by atoms with E-state index in [0.29, 0.717) is 11.3 Å². The van der Waals surface area contributed by atoms with Crippen molar-refractivity contribution in [1.29, 1.82) is 0 Å². The van der Waals surface area contributed by atoms with Gasteiger partial charge in [0.15, 0.2) is 0 Å². The van der Waals surface area contributed by atoms with Gasteiger partial charge >= 0.3 is 0 Å². The van der Waals surface area contributed by atoms with Crippen molar-refractivity contribution in [3.05, 3.63) is 47.0 Å². The van der Waals surface area contributed by atoms with E-state index in [9.17, 15) is 12.8 Å². The maximum atomic E-state index is 13.4. The third-order valence-electron chi connectivity index (χ3n) is 3.02. The van der Waals surface area contributed by atoms with Crippen molar-refractivity contribution in [1.82, 2.24) is 14.9 Å². The fourth-order valence-electron chi connectivity index (χ4n) is 2.03. The first-order valence-electron chi connectivity index (χ1n) is 6.33. The lowest BCUT2D eigenvalue weighted by atomic mass is 10.1. The van der Waals surface area contributed by atoms with Crippen LogP contribution in [0.2, 0.25) is 0 Å². The molecule has 0 aliphatic carbocycles. The summed E-state index contributed by atoms with van der Waals surface area (Å²) in [7, 11) is -3.80. The van der Waals surface area contributed by atoms with Gasteiger partial charge in [0.05, 0.1) is 12.3 Å². The smallest absolute Gasteiger partial charge is 0.244 e. The molecule has 1 heterocycles. The highest BCUT2D eigenvalue weighted by Gasteiger charge is 2.23. The molecule has 0 atom stereocenters. The zero-order chi connectivity index (χ0) is 15.5. The van der Waals surface area contributed by atoms with E-state index < -0.39 is 16.6 Å². The summed E-state index contributed by atoms with van der Waals surface area (Å²) in [5, 5.41) is 15.4. The number of benzene rings is 1. The van der Waals surface area contributed by atoms with Gasteiger partial charge in [0.25, 0.3) is 0 Å². The standard InChI is InChI=1S/C13H16FN3O3S/c1-9-13(12(8-18)17-16-9)21(19,20)15-7-6-10-4-2-3-5-11(10)14/h2-5,15,18H,6-8H2,1H3,(H,16,17). The number of H-pyrrole nitrogens is 1. The minimum Gasteiger partial charge on any atom is -0.390 e. The lowest BCUT2D eigenvalue weighted by Gasteiger charge is -2.08. The molecule has 21 heavy (non-hydrogen) atoms. The number of hydrogen-bond acceptors (Lipinski definition) is 4. The van der Waals surface area contributed by atoms with E-state index in [1.54, 1.807) is 25.1 Å². The molecule has 0 saturated carbocycles. The molecule has 2 rings (SSSR count). The summed E-state index contributed by atoms with van der Waals surface area (Å²) in [6.45, 7) is 1.13. The van der Waals surface area contributed by atoms with E-state index in [-0.39, 0.29) is 29.4 Å². The largest absolute Gasteiger partial charge is 0.390 e. The lowest BCUT2D eigenvalue weighted by Crippen LogP contribution is -2.27. The molecule has 3 N–H and O–H groups in total. The summed E-state index contributed by atoms with van der Waals surface area (Å²) in [4.78, 5) is -0.0569. The number of sulfonamides is 1. The van der Waals surface area contributed by atoms with Gasteiger partial charge < -0.3 is 5.11 Å². The predicted octanol–water partition coefficient (Wildman–Crippen LogP) is 0.871. The highest BCUT2D eigenvalue weighted by molar-refractivity contribution is 7.89. The molecule has 114 valence electrons. The number of aryl methyl sites for hydroxylation is 1. The van der Waals surface area contributed by atoms with Crippen LogP contribution in [0.15, 0.2) is 29.2 Å². The van der Waals surface area contributed by atoms with Gasteiger partial charge in [0.2, 0.25) is 10.0 Å². The number of halogens is 1. The lowest BCUT2D eigenvalue weighted by molar-refractivity contribution is 0.273. The summed E-state index contributed by atoms with van der Waals surface area (Å²) in [6.07, 6.45) is 0.233. The van der Waals surface area contributed by atoms with Crippen molar-refractivity contribution in [2.75, 3.05) is 6.54 Å². The Labute approximate surface area is 122 Å². The molecule has 1 aromatic heterocycles. The third kappa shape index (κ3) is 3.46. The Morgan fingerprint density at radius 2 is 2.10 bits per heavy atom. The highest BCUT2D eigenvalue weighted by atomic mass is 32.2. The van der Waals surface area contributed by atoms with Gasteiger partial charge in [-0.05, 0) is 25.0 Å². The van der Waals surface area contributed by atoms with Crippen LogP contribution in [0.4, 0.5) is 4.39 Å². The van der Waals surface area contributed by atoms with E-state index >= 15 is 0 Å². The van der Waals surface area contributed by atoms with Gasteiger partial charge in [-0.25, -0.2) is 17.5 Å². The van der Waals surface area contributed by atoms with Crippen LogP contribution in [-0.2, 0) is 23.1 Å². The number of rotatable bonds is 6. The van der Waals surface area contributed by atoms with E-state index in [1.807, 2.05) is 0 Å². The van der Waals surface area contributed by atoms with Gasteiger partial charge in [0, 0.05) is 6.54 Å². The van der Waals surface area contributed by atoms with E-state index in [4.69, 9.17) is 5.11 Å². The van der Waals surface area contributed by atoms with Crippen LogP contribution in [0, 0.1) is 12.7 Å². The second-order valence-electron chi connectivity index (χ2n) is 4.52. The maximum Gasteiger partial charge on any atom is 0.244 e. The van der Waals surface area contributed by atoms with Crippen LogP contribution in [0.5, 0.6) is 0 Å². The number of aliphatic hydroxyl groups excluding tert-OH is 1. The first-order chi connectivity index (χ1) is 9.95. The minimum atomic E-state index is -3.80. The molecule has 0 fully saturated rings. The molecule has 0 unspecified atom stereocenters. The Hall–Kier alpha value is -1.77. The monoisotopic (exact) mass is 313 g/mol. The van der Waals surface area contributed by atoms with Gasteiger partial charge in [-0.15, -0.1) is 0 Å². The quantitative estimate of drug-likeness (QED) is 0.737. The van der Waals surface area contributed by atoms with Crippen LogP contribution in [-0.4, -0.2) is 30.3 Å². The maximum absolute atomic E-state index is 13.4. The zero-order valence-corrected chi connectivity index (χ0v) is 12.2. The summed E-state index contributed by atoms with van der Waals surface area (Å²) < 4.78 is 40.2. The topological polar surface area (TPSA) is 95.1 Å². The van der Waals surface area contributed by atoms with E-state index in [1.165, 1.54) is 6.07 Å². The molecule has 0 saturated heterocycles. The Balaban J connectivity index is 2.09. The summed E-state index contributed by atoms with van der Waals surface area (Å²) in [5.41, 5.74) is 0.842. The first kappa shape index (κ1) is 15.6. The van der Waals surface area contributed by atoms with Crippen molar-refractivity contribution in [3.8, 4) is 0 Å². The average molecular weight is 313 g/mol. The average Bonchev–Trinajstić information content (AvgIpc) is 2.83. The van der Waals surface area contributed by atoms with Crippen molar-refractivity contribution >= 4 is 10.0 Å². The van der Waals surface area contributed by atoms with Gasteiger partial charge in [-0.2, -0.15) is 5.10 Å². The molecule has 0 bridgehead atoms. The Kier molecular flexibility index (Phi) is 4.71. The first-order valence-corrected chi connectivity index (χ1v) is 7.82. The molecule has 6 nitrogen and oxygen atoms in total. The van der Waals surface area contributed by atoms with E-state index in [2.05, 4.69) is 14.9 Å². The van der Waals surface area contributed by atoms with Crippen molar-refractivity contribution in [3.63, 3.8) is 0 Å². The predicted molar refractivity (Wildman–Crippen MR) is 74.5 cm³/mol. The van der Waals surface area contributed by atoms with Crippen molar-refractivity contribution < 1.29 is 17.9 Å². The molecular formula is C13H16FN3O3S. The molecular weight excluding hydrogens is 297 g/mol. The normalized spacial score (nSPS) is 11.8. The van der Waals surface area contributed by atoms with Gasteiger partial charge in [0.1, 0.15) is 16.4 Å². The Bertz CT molecular complexity index is 728. The molecule has 0 amide bonds. The molecule has 1 aromatic carbocycles. The van der Waals surface area contributed by atoms with Crippen molar-refractivity contribution in [2.45, 2.75) is 24.8 Å². The fraction of sp³-hybridized carbons (Fsp3) is 0.308. The second-order valence-corrected chi connectivity index (χ2v) is 6.23. The summed E-state index contributed by atoms with van der Waals surface area (Å²) in [6, 6.07) is 6.20. The Morgan fingerprint density at radius 3 is 2.76 bits per heavy atom. The molecule has 2 aromatic rings. The van der Waals surface area contributed by atoms with Crippen LogP contribution in [0.3, 0.4) is 0 Å². The molecule has 0 spiro atoms. The highest BCUT2D eigenvalue weighted by Crippen LogP contribution is 2.17.